The molecule has 2 fully saturated rings. The highest BCUT2D eigenvalue weighted by atomic mass is 16.5. The lowest BCUT2D eigenvalue weighted by molar-refractivity contribution is -0.135. The average Bonchev–Trinajstić information content (AvgIpc) is 3.64. The van der Waals surface area contributed by atoms with Gasteiger partial charge in [0, 0.05) is 37.5 Å². The molecule has 3 aliphatic rings. The van der Waals surface area contributed by atoms with Crippen LogP contribution in [0.4, 0.5) is 0 Å². The Morgan fingerprint density at radius 3 is 2.32 bits per heavy atom. The Balaban J connectivity index is 1.15. The van der Waals surface area contributed by atoms with Gasteiger partial charge in [-0.15, -0.1) is 0 Å². The number of ether oxygens (including phenoxy) is 1. The molecule has 3 amide bonds. The smallest absolute Gasteiger partial charge is 0.255 e. The number of aryl methyl sites for hydroxylation is 2. The third-order valence-corrected chi connectivity index (χ3v) is 7.09. The van der Waals surface area contributed by atoms with Crippen LogP contribution in [0.5, 0.6) is 5.75 Å². The third kappa shape index (κ3) is 4.27. The number of benzene rings is 2. The number of fused-ring (bicyclic) bond motifs is 1. The number of hydrogen-bond acceptors (Lipinski definition) is 4. The van der Waals surface area contributed by atoms with Crippen LogP contribution in [0.1, 0.15) is 58.8 Å². The van der Waals surface area contributed by atoms with Crippen molar-refractivity contribution in [1.29, 1.82) is 0 Å². The Morgan fingerprint density at radius 2 is 1.65 bits per heavy atom. The van der Waals surface area contributed by atoms with Crippen LogP contribution in [-0.2, 0) is 9.59 Å². The lowest BCUT2D eigenvalue weighted by Crippen LogP contribution is -2.48. The van der Waals surface area contributed by atoms with Crippen LogP contribution >= 0.6 is 0 Å². The van der Waals surface area contributed by atoms with Gasteiger partial charge in [0.25, 0.3) is 5.91 Å². The minimum absolute atomic E-state index is 0.0629. The molecule has 1 saturated heterocycles. The van der Waals surface area contributed by atoms with Gasteiger partial charge >= 0.3 is 0 Å². The predicted molar refractivity (Wildman–Crippen MR) is 128 cm³/mol. The lowest BCUT2D eigenvalue weighted by Gasteiger charge is -2.33. The van der Waals surface area contributed by atoms with Crippen LogP contribution in [0.2, 0.25) is 0 Å². The molecule has 2 aromatic rings. The van der Waals surface area contributed by atoms with E-state index in [4.69, 9.17) is 4.74 Å². The van der Waals surface area contributed by atoms with Crippen molar-refractivity contribution in [2.24, 2.45) is 0 Å². The van der Waals surface area contributed by atoms with E-state index >= 15 is 0 Å². The Morgan fingerprint density at radius 1 is 0.971 bits per heavy atom. The first-order valence-corrected chi connectivity index (χ1v) is 12.1. The summed E-state index contributed by atoms with van der Waals surface area (Å²) in [7, 11) is 0. The number of nitrogens with zero attached hydrogens (tertiary/aromatic N) is 2. The molecule has 5 rings (SSSR count). The number of para-hydroxylation sites is 1. The van der Waals surface area contributed by atoms with E-state index < -0.39 is 6.04 Å². The largest absolute Gasteiger partial charge is 0.490 e. The molecule has 34 heavy (non-hydrogen) atoms. The molecule has 0 bridgehead atoms. The molecule has 0 spiro atoms. The number of rotatable bonds is 6. The summed E-state index contributed by atoms with van der Waals surface area (Å²) in [4.78, 5) is 42.3. The molecule has 1 saturated carbocycles. The fourth-order valence-corrected chi connectivity index (χ4v) is 5.08. The highest BCUT2D eigenvalue weighted by Gasteiger charge is 2.47. The summed E-state index contributed by atoms with van der Waals surface area (Å²) in [6.45, 7) is 5.23. The summed E-state index contributed by atoms with van der Waals surface area (Å²) in [5.41, 5.74) is 3.56. The molecule has 2 heterocycles. The predicted octanol–water partition coefficient (Wildman–Crippen LogP) is 3.15. The number of nitrogens with one attached hydrogen (secondary N) is 1. The van der Waals surface area contributed by atoms with Crippen molar-refractivity contribution in [2.75, 3.05) is 19.6 Å². The molecule has 0 radical (unpaired) electrons. The summed E-state index contributed by atoms with van der Waals surface area (Å²) < 4.78 is 6.25. The fraction of sp³-hybridized carbons (Fsp3) is 0.444. The van der Waals surface area contributed by atoms with Crippen molar-refractivity contribution in [1.82, 2.24) is 15.1 Å². The number of likely N-dealkylation sites (tertiary alicyclic amines) is 1. The number of carbonyl (C=O) groups excluding carboxylic acids is 3. The van der Waals surface area contributed by atoms with Crippen molar-refractivity contribution >= 4 is 17.7 Å². The van der Waals surface area contributed by atoms with Gasteiger partial charge in [-0.1, -0.05) is 36.4 Å². The molecule has 1 aliphatic carbocycles. The van der Waals surface area contributed by atoms with Crippen molar-refractivity contribution in [3.8, 4) is 5.75 Å². The second kappa shape index (κ2) is 9.12. The van der Waals surface area contributed by atoms with E-state index in [1.165, 1.54) is 0 Å². The standard InChI is InChI=1S/C27H31N3O4/c1-17-6-5-7-18(2)25(17)34-20-12-14-29(15-13-20)23(31)16-28-26(32)24-21-8-3-4-9-22(21)27(33)30(24)19-10-11-19/h3-9,19-20,24H,10-16H2,1-2H3,(H,28,32). The molecular weight excluding hydrogens is 430 g/mol. The van der Waals surface area contributed by atoms with Gasteiger partial charge in [0.05, 0.1) is 6.54 Å². The highest BCUT2D eigenvalue weighted by Crippen LogP contribution is 2.41. The number of carbonyl (C=O) groups is 3. The Hall–Kier alpha value is -3.35. The van der Waals surface area contributed by atoms with Crippen LogP contribution in [0.3, 0.4) is 0 Å². The van der Waals surface area contributed by atoms with Crippen LogP contribution < -0.4 is 10.1 Å². The van der Waals surface area contributed by atoms with Crippen molar-refractivity contribution in [2.45, 2.75) is 57.7 Å². The quantitative estimate of drug-likeness (QED) is 0.717. The monoisotopic (exact) mass is 461 g/mol. The van der Waals surface area contributed by atoms with Crippen molar-refractivity contribution < 1.29 is 19.1 Å². The van der Waals surface area contributed by atoms with Gasteiger partial charge in [0.15, 0.2) is 0 Å². The van der Waals surface area contributed by atoms with Gasteiger partial charge in [0.1, 0.15) is 17.9 Å². The number of piperidine rings is 1. The van der Waals surface area contributed by atoms with E-state index in [0.29, 0.717) is 18.7 Å². The third-order valence-electron chi connectivity index (χ3n) is 7.09. The van der Waals surface area contributed by atoms with E-state index in [0.717, 1.165) is 48.1 Å². The SMILES string of the molecule is Cc1cccc(C)c1OC1CCN(C(=O)CNC(=O)C2c3ccccc3C(=O)N2C2CC2)CC1. The maximum Gasteiger partial charge on any atom is 0.255 e. The second-order valence-electron chi connectivity index (χ2n) is 9.57. The van der Waals surface area contributed by atoms with Gasteiger partial charge in [0.2, 0.25) is 11.8 Å². The Labute approximate surface area is 200 Å². The Bertz CT molecular complexity index is 1100. The van der Waals surface area contributed by atoms with E-state index in [-0.39, 0.29) is 36.4 Å². The van der Waals surface area contributed by atoms with Gasteiger partial charge in [-0.05, 0) is 49.4 Å². The van der Waals surface area contributed by atoms with Crippen LogP contribution in [0.25, 0.3) is 0 Å². The normalized spacial score (nSPS) is 20.3. The summed E-state index contributed by atoms with van der Waals surface area (Å²) in [5.74, 6) is 0.461. The summed E-state index contributed by atoms with van der Waals surface area (Å²) in [5, 5.41) is 2.81. The zero-order chi connectivity index (χ0) is 23.8. The molecule has 2 aliphatic heterocycles. The summed E-state index contributed by atoms with van der Waals surface area (Å²) in [6, 6.07) is 12.9. The van der Waals surface area contributed by atoms with Gasteiger partial charge < -0.3 is 19.9 Å². The van der Waals surface area contributed by atoms with E-state index in [1.807, 2.05) is 50.2 Å². The molecule has 7 nitrogen and oxygen atoms in total. The topological polar surface area (TPSA) is 79.0 Å². The fourth-order valence-electron chi connectivity index (χ4n) is 5.08. The van der Waals surface area contributed by atoms with Crippen molar-refractivity contribution in [3.63, 3.8) is 0 Å². The minimum atomic E-state index is -0.652. The zero-order valence-electron chi connectivity index (χ0n) is 19.8. The molecule has 2 aromatic carbocycles. The summed E-state index contributed by atoms with van der Waals surface area (Å²) in [6.07, 6.45) is 3.43. The van der Waals surface area contributed by atoms with Crippen molar-refractivity contribution in [3.05, 3.63) is 64.7 Å². The summed E-state index contributed by atoms with van der Waals surface area (Å²) >= 11 is 0. The van der Waals surface area contributed by atoms with Crippen LogP contribution in [-0.4, -0.2) is 59.3 Å². The lowest BCUT2D eigenvalue weighted by atomic mass is 10.0. The van der Waals surface area contributed by atoms with E-state index in [2.05, 4.69) is 5.32 Å². The molecule has 1 atom stereocenters. The first-order valence-electron chi connectivity index (χ1n) is 12.1. The minimum Gasteiger partial charge on any atom is -0.490 e. The first-order chi connectivity index (χ1) is 16.4. The molecule has 1 N–H and O–H groups in total. The molecule has 178 valence electrons. The number of hydrogen-bond donors (Lipinski definition) is 1. The zero-order valence-corrected chi connectivity index (χ0v) is 19.8. The molecule has 1 unspecified atom stereocenters. The molecular formula is C27H31N3O4. The van der Waals surface area contributed by atoms with Gasteiger partial charge in [-0.2, -0.15) is 0 Å². The maximum atomic E-state index is 13.1. The maximum absolute atomic E-state index is 13.1. The first kappa shape index (κ1) is 22.4. The van der Waals surface area contributed by atoms with Crippen LogP contribution in [0.15, 0.2) is 42.5 Å². The van der Waals surface area contributed by atoms with E-state index in [1.54, 1.807) is 15.9 Å². The van der Waals surface area contributed by atoms with Crippen LogP contribution in [0, 0.1) is 13.8 Å². The van der Waals surface area contributed by atoms with Gasteiger partial charge in [-0.3, -0.25) is 14.4 Å². The van der Waals surface area contributed by atoms with E-state index in [9.17, 15) is 14.4 Å². The highest BCUT2D eigenvalue weighted by molar-refractivity contribution is 6.05. The second-order valence-corrected chi connectivity index (χ2v) is 9.57. The van der Waals surface area contributed by atoms with Gasteiger partial charge in [-0.25, -0.2) is 0 Å². The number of amides is 3. The molecule has 0 aromatic heterocycles. The molecule has 7 heteroatoms. The Kier molecular flexibility index (Phi) is 6.02. The average molecular weight is 462 g/mol.